The van der Waals surface area contributed by atoms with Crippen LogP contribution in [-0.4, -0.2) is 12.9 Å². The van der Waals surface area contributed by atoms with E-state index >= 15 is 0 Å². The van der Waals surface area contributed by atoms with Gasteiger partial charge >= 0.3 is 0 Å². The molecule has 1 aromatic carbocycles. The van der Waals surface area contributed by atoms with E-state index in [9.17, 15) is 0 Å². The number of ether oxygens (including phenoxy) is 3. The quantitative estimate of drug-likeness (QED) is 0.836. The second-order valence-corrected chi connectivity index (χ2v) is 7.79. The standard InChI is InChI=1S/C18H24O3/c1-17(2)13-6-7-18(3,9-13)16(17)19-10-12-4-5-14-15(8-12)21-11-20-14/h4-5,8,13,16H,6-7,9-11H2,1-3H3. The molecule has 1 aromatic rings. The molecule has 2 bridgehead atoms. The predicted molar refractivity (Wildman–Crippen MR) is 80.4 cm³/mol. The van der Waals surface area contributed by atoms with Crippen LogP contribution in [0.15, 0.2) is 18.2 Å². The van der Waals surface area contributed by atoms with Crippen LogP contribution in [0, 0.1) is 16.7 Å². The first-order valence-electron chi connectivity index (χ1n) is 7.99. The Balaban J connectivity index is 1.49. The summed E-state index contributed by atoms with van der Waals surface area (Å²) >= 11 is 0. The van der Waals surface area contributed by atoms with Crippen molar-refractivity contribution in [3.05, 3.63) is 23.8 Å². The highest BCUT2D eigenvalue weighted by atomic mass is 16.7. The summed E-state index contributed by atoms with van der Waals surface area (Å²) in [5, 5.41) is 0. The smallest absolute Gasteiger partial charge is 0.231 e. The Morgan fingerprint density at radius 1 is 1.19 bits per heavy atom. The summed E-state index contributed by atoms with van der Waals surface area (Å²) in [6.07, 6.45) is 4.36. The molecule has 0 N–H and O–H groups in total. The molecule has 3 unspecified atom stereocenters. The Kier molecular flexibility index (Phi) is 2.81. The zero-order valence-corrected chi connectivity index (χ0v) is 13.1. The van der Waals surface area contributed by atoms with E-state index < -0.39 is 0 Å². The van der Waals surface area contributed by atoms with Crippen LogP contribution >= 0.6 is 0 Å². The fourth-order valence-corrected chi connectivity index (χ4v) is 4.88. The van der Waals surface area contributed by atoms with E-state index in [1.165, 1.54) is 24.8 Å². The molecule has 1 heterocycles. The van der Waals surface area contributed by atoms with E-state index in [1.54, 1.807) is 0 Å². The van der Waals surface area contributed by atoms with Gasteiger partial charge in [-0.25, -0.2) is 0 Å². The monoisotopic (exact) mass is 288 g/mol. The predicted octanol–water partition coefficient (Wildman–Crippen LogP) is 4.15. The first kappa shape index (κ1) is 13.4. The molecule has 0 amide bonds. The van der Waals surface area contributed by atoms with Gasteiger partial charge in [0.15, 0.2) is 11.5 Å². The van der Waals surface area contributed by atoms with Crippen LogP contribution in [0.1, 0.15) is 45.6 Å². The molecule has 3 nitrogen and oxygen atoms in total. The van der Waals surface area contributed by atoms with Crippen LogP contribution in [0.5, 0.6) is 11.5 Å². The Morgan fingerprint density at radius 3 is 2.76 bits per heavy atom. The van der Waals surface area contributed by atoms with Gasteiger partial charge in [0.05, 0.1) is 12.7 Å². The average Bonchev–Trinajstić information content (AvgIpc) is 3.08. The number of fused-ring (bicyclic) bond motifs is 3. The van der Waals surface area contributed by atoms with Crippen molar-refractivity contribution in [1.29, 1.82) is 0 Å². The summed E-state index contributed by atoms with van der Waals surface area (Å²) in [7, 11) is 0. The SMILES string of the molecule is CC12CCC(C1)C(C)(C)C2OCc1ccc2c(c1)OCO2. The van der Waals surface area contributed by atoms with Crippen molar-refractivity contribution in [2.45, 2.75) is 52.7 Å². The summed E-state index contributed by atoms with van der Waals surface area (Å²) in [5.74, 6) is 2.50. The normalized spacial score (nSPS) is 35.4. The molecule has 1 aliphatic heterocycles. The highest BCUT2D eigenvalue weighted by Gasteiger charge is 2.59. The van der Waals surface area contributed by atoms with Gasteiger partial charge in [0.2, 0.25) is 6.79 Å². The van der Waals surface area contributed by atoms with Gasteiger partial charge in [0.1, 0.15) is 0 Å². The molecular formula is C18H24O3. The van der Waals surface area contributed by atoms with Crippen molar-refractivity contribution >= 4 is 0 Å². The van der Waals surface area contributed by atoms with E-state index in [2.05, 4.69) is 26.8 Å². The van der Waals surface area contributed by atoms with Gasteiger partial charge < -0.3 is 14.2 Å². The topological polar surface area (TPSA) is 27.7 Å². The third kappa shape index (κ3) is 1.97. The van der Waals surface area contributed by atoms with Crippen LogP contribution in [0.3, 0.4) is 0 Å². The summed E-state index contributed by atoms with van der Waals surface area (Å²) in [6.45, 7) is 8.16. The van der Waals surface area contributed by atoms with E-state index in [0.29, 0.717) is 30.3 Å². The molecule has 114 valence electrons. The van der Waals surface area contributed by atoms with E-state index in [0.717, 1.165) is 17.4 Å². The van der Waals surface area contributed by atoms with Gasteiger partial charge in [-0.2, -0.15) is 0 Å². The number of benzene rings is 1. The Hall–Kier alpha value is -1.22. The van der Waals surface area contributed by atoms with Gasteiger partial charge in [-0.15, -0.1) is 0 Å². The lowest BCUT2D eigenvalue weighted by Crippen LogP contribution is -2.42. The molecule has 2 aliphatic carbocycles. The van der Waals surface area contributed by atoms with Crippen molar-refractivity contribution in [3.8, 4) is 11.5 Å². The second-order valence-electron chi connectivity index (χ2n) is 7.79. The van der Waals surface area contributed by atoms with Crippen molar-refractivity contribution in [2.75, 3.05) is 6.79 Å². The summed E-state index contributed by atoms with van der Waals surface area (Å²) in [5.41, 5.74) is 1.83. The lowest BCUT2D eigenvalue weighted by Gasteiger charge is -2.42. The Labute approximate surface area is 126 Å². The van der Waals surface area contributed by atoms with Gasteiger partial charge in [-0.3, -0.25) is 0 Å². The van der Waals surface area contributed by atoms with Gasteiger partial charge in [0.25, 0.3) is 0 Å². The first-order chi connectivity index (χ1) is 9.99. The average molecular weight is 288 g/mol. The fourth-order valence-electron chi connectivity index (χ4n) is 4.88. The highest BCUT2D eigenvalue weighted by molar-refractivity contribution is 5.44. The molecule has 2 saturated carbocycles. The molecule has 0 aromatic heterocycles. The minimum absolute atomic E-state index is 0.295. The summed E-state index contributed by atoms with van der Waals surface area (Å²) in [6, 6.07) is 6.11. The third-order valence-electron chi connectivity index (χ3n) is 5.99. The molecule has 2 fully saturated rings. The van der Waals surface area contributed by atoms with Crippen molar-refractivity contribution in [2.24, 2.45) is 16.7 Å². The zero-order valence-electron chi connectivity index (χ0n) is 13.1. The first-order valence-corrected chi connectivity index (χ1v) is 7.99. The Bertz CT molecular complexity index is 561. The van der Waals surface area contributed by atoms with Crippen LogP contribution in [-0.2, 0) is 11.3 Å². The summed E-state index contributed by atoms with van der Waals surface area (Å²) in [4.78, 5) is 0. The van der Waals surface area contributed by atoms with Crippen LogP contribution in [0.4, 0.5) is 0 Å². The summed E-state index contributed by atoms with van der Waals surface area (Å²) < 4.78 is 17.2. The molecule has 4 rings (SSSR count). The maximum Gasteiger partial charge on any atom is 0.231 e. The molecular weight excluding hydrogens is 264 g/mol. The molecule has 0 radical (unpaired) electrons. The maximum atomic E-state index is 6.40. The number of hydrogen-bond acceptors (Lipinski definition) is 3. The lowest BCUT2D eigenvalue weighted by molar-refractivity contribution is -0.0965. The van der Waals surface area contributed by atoms with E-state index in [4.69, 9.17) is 14.2 Å². The lowest BCUT2D eigenvalue weighted by atomic mass is 9.70. The number of rotatable bonds is 3. The van der Waals surface area contributed by atoms with Crippen LogP contribution in [0.2, 0.25) is 0 Å². The third-order valence-corrected chi connectivity index (χ3v) is 5.99. The fraction of sp³-hybridized carbons (Fsp3) is 0.667. The molecule has 21 heavy (non-hydrogen) atoms. The largest absolute Gasteiger partial charge is 0.454 e. The molecule has 3 heteroatoms. The van der Waals surface area contributed by atoms with E-state index in [1.807, 2.05) is 12.1 Å². The van der Waals surface area contributed by atoms with E-state index in [-0.39, 0.29) is 0 Å². The van der Waals surface area contributed by atoms with Gasteiger partial charge in [0, 0.05) is 0 Å². The molecule has 3 aliphatic rings. The minimum atomic E-state index is 0.295. The highest BCUT2D eigenvalue weighted by Crippen LogP contribution is 2.63. The molecule has 3 atom stereocenters. The van der Waals surface area contributed by atoms with Gasteiger partial charge in [-0.05, 0) is 53.7 Å². The van der Waals surface area contributed by atoms with Crippen molar-refractivity contribution < 1.29 is 14.2 Å². The zero-order chi connectivity index (χ0) is 14.7. The molecule has 0 saturated heterocycles. The van der Waals surface area contributed by atoms with Crippen LogP contribution < -0.4 is 9.47 Å². The van der Waals surface area contributed by atoms with Crippen molar-refractivity contribution in [3.63, 3.8) is 0 Å². The molecule has 0 spiro atoms. The minimum Gasteiger partial charge on any atom is -0.454 e. The maximum absolute atomic E-state index is 6.40. The van der Waals surface area contributed by atoms with Crippen molar-refractivity contribution in [1.82, 2.24) is 0 Å². The van der Waals surface area contributed by atoms with Gasteiger partial charge in [-0.1, -0.05) is 26.8 Å². The van der Waals surface area contributed by atoms with Crippen LogP contribution in [0.25, 0.3) is 0 Å². The number of hydrogen-bond donors (Lipinski definition) is 0. The second kappa shape index (κ2) is 4.39. The Morgan fingerprint density at radius 2 is 2.00 bits per heavy atom.